The van der Waals surface area contributed by atoms with Crippen molar-refractivity contribution >= 4 is 5.91 Å². The molecule has 4 fully saturated rings. The van der Waals surface area contributed by atoms with Gasteiger partial charge in [0, 0.05) is 12.0 Å². The van der Waals surface area contributed by atoms with E-state index in [-0.39, 0.29) is 11.3 Å². The lowest BCUT2D eigenvalue weighted by molar-refractivity contribution is -0.0158. The molecule has 2 aromatic rings. The molecule has 7 rings (SSSR count). The summed E-state index contributed by atoms with van der Waals surface area (Å²) in [5.41, 5.74) is 2.24. The standard InChI is InChI=1S/C23H25NO2/c25-22-19-9-21(23-10-16-6-17(11-23)8-18(7-16)12-23)26-20(19)14-24(22)13-15-4-2-1-3-5-15/h1-5,9,16-18H,6-8,10-14H2. The van der Waals surface area contributed by atoms with E-state index in [9.17, 15) is 4.79 Å². The summed E-state index contributed by atoms with van der Waals surface area (Å²) < 4.78 is 6.39. The fourth-order valence-electron chi connectivity index (χ4n) is 6.75. The zero-order valence-corrected chi connectivity index (χ0v) is 15.1. The van der Waals surface area contributed by atoms with Crippen molar-refractivity contribution in [2.24, 2.45) is 17.8 Å². The number of rotatable bonds is 3. The Bertz CT molecular complexity index is 830. The Hall–Kier alpha value is -2.03. The molecule has 5 aliphatic rings. The SMILES string of the molecule is O=C1c2cc(C34CC5CC(CC(C5)C3)C4)oc2CN1Cc1ccccc1. The highest BCUT2D eigenvalue weighted by Gasteiger charge is 2.53. The second-order valence-electron chi connectivity index (χ2n) is 9.29. The minimum absolute atomic E-state index is 0.142. The van der Waals surface area contributed by atoms with E-state index in [2.05, 4.69) is 18.2 Å². The van der Waals surface area contributed by atoms with E-state index in [4.69, 9.17) is 4.42 Å². The predicted molar refractivity (Wildman–Crippen MR) is 98.6 cm³/mol. The molecule has 134 valence electrons. The number of hydrogen-bond acceptors (Lipinski definition) is 2. The first-order chi connectivity index (χ1) is 12.7. The molecule has 0 radical (unpaired) electrons. The largest absolute Gasteiger partial charge is 0.463 e. The van der Waals surface area contributed by atoms with Crippen LogP contribution in [0.1, 0.15) is 66.0 Å². The van der Waals surface area contributed by atoms with Crippen molar-refractivity contribution in [3.05, 3.63) is 59.0 Å². The smallest absolute Gasteiger partial charge is 0.258 e. The molecule has 1 amide bonds. The quantitative estimate of drug-likeness (QED) is 0.791. The number of amides is 1. The molecule has 4 bridgehead atoms. The third kappa shape index (κ3) is 2.15. The number of furan rings is 1. The number of fused-ring (bicyclic) bond motifs is 1. The van der Waals surface area contributed by atoms with Crippen LogP contribution in [-0.2, 0) is 18.5 Å². The van der Waals surface area contributed by atoms with Crippen LogP contribution in [0.3, 0.4) is 0 Å². The second kappa shape index (κ2) is 5.25. The summed E-state index contributed by atoms with van der Waals surface area (Å²) in [6, 6.07) is 12.3. The first-order valence-corrected chi connectivity index (χ1v) is 10.1. The first kappa shape index (κ1) is 15.1. The highest BCUT2D eigenvalue weighted by Crippen LogP contribution is 2.61. The van der Waals surface area contributed by atoms with Gasteiger partial charge in [0.1, 0.15) is 11.5 Å². The highest BCUT2D eigenvalue weighted by atomic mass is 16.3. The van der Waals surface area contributed by atoms with Crippen LogP contribution in [0.5, 0.6) is 0 Å². The third-order valence-corrected chi connectivity index (χ3v) is 7.44. The highest BCUT2D eigenvalue weighted by molar-refractivity contribution is 5.97. The van der Waals surface area contributed by atoms with Gasteiger partial charge in [-0.15, -0.1) is 0 Å². The van der Waals surface area contributed by atoms with Crippen LogP contribution in [0.2, 0.25) is 0 Å². The summed E-state index contributed by atoms with van der Waals surface area (Å²) in [5.74, 6) is 4.86. The Balaban J connectivity index is 1.27. The predicted octanol–water partition coefficient (Wildman–Crippen LogP) is 4.90. The van der Waals surface area contributed by atoms with E-state index in [1.807, 2.05) is 23.1 Å². The molecule has 2 heterocycles. The van der Waals surface area contributed by atoms with Crippen LogP contribution in [0.15, 0.2) is 40.8 Å². The summed E-state index contributed by atoms with van der Waals surface area (Å²) in [6.45, 7) is 1.28. The molecule has 4 aliphatic carbocycles. The molecule has 1 aliphatic heterocycles. The topological polar surface area (TPSA) is 33.5 Å². The van der Waals surface area contributed by atoms with Crippen molar-refractivity contribution in [3.8, 4) is 0 Å². The summed E-state index contributed by atoms with van der Waals surface area (Å²) in [5, 5.41) is 0. The van der Waals surface area contributed by atoms with Gasteiger partial charge in [-0.25, -0.2) is 0 Å². The Morgan fingerprint density at radius 2 is 1.65 bits per heavy atom. The van der Waals surface area contributed by atoms with Crippen molar-refractivity contribution in [1.29, 1.82) is 0 Å². The van der Waals surface area contributed by atoms with Crippen LogP contribution >= 0.6 is 0 Å². The van der Waals surface area contributed by atoms with Gasteiger partial charge < -0.3 is 9.32 Å². The fourth-order valence-corrected chi connectivity index (χ4v) is 6.75. The number of benzene rings is 1. The molecule has 1 aromatic carbocycles. The molecule has 26 heavy (non-hydrogen) atoms. The summed E-state index contributed by atoms with van der Waals surface area (Å²) in [6.07, 6.45) is 8.16. The minimum Gasteiger partial charge on any atom is -0.463 e. The first-order valence-electron chi connectivity index (χ1n) is 10.1. The van der Waals surface area contributed by atoms with Crippen molar-refractivity contribution in [1.82, 2.24) is 4.90 Å². The van der Waals surface area contributed by atoms with Crippen LogP contribution < -0.4 is 0 Å². The van der Waals surface area contributed by atoms with Crippen molar-refractivity contribution in [3.63, 3.8) is 0 Å². The maximum absolute atomic E-state index is 12.9. The zero-order chi connectivity index (χ0) is 17.3. The summed E-state index contributed by atoms with van der Waals surface area (Å²) in [7, 11) is 0. The average molecular weight is 347 g/mol. The maximum Gasteiger partial charge on any atom is 0.258 e. The third-order valence-electron chi connectivity index (χ3n) is 7.44. The Morgan fingerprint density at radius 3 is 2.27 bits per heavy atom. The Labute approximate surface area is 154 Å². The van der Waals surface area contributed by atoms with E-state index < -0.39 is 0 Å². The van der Waals surface area contributed by atoms with Crippen LogP contribution in [0, 0.1) is 17.8 Å². The fraction of sp³-hybridized carbons (Fsp3) is 0.522. The van der Waals surface area contributed by atoms with Gasteiger partial charge in [0.05, 0.1) is 12.1 Å². The number of carbonyl (C=O) groups is 1. The molecule has 0 atom stereocenters. The van der Waals surface area contributed by atoms with E-state index >= 15 is 0 Å². The number of hydrogen-bond donors (Lipinski definition) is 0. The lowest BCUT2D eigenvalue weighted by atomic mass is 9.49. The monoisotopic (exact) mass is 347 g/mol. The molecule has 0 unspecified atom stereocenters. The van der Waals surface area contributed by atoms with Gasteiger partial charge in [0.2, 0.25) is 0 Å². The van der Waals surface area contributed by atoms with Crippen LogP contribution in [-0.4, -0.2) is 10.8 Å². The van der Waals surface area contributed by atoms with Crippen molar-refractivity contribution < 1.29 is 9.21 Å². The van der Waals surface area contributed by atoms with Crippen LogP contribution in [0.4, 0.5) is 0 Å². The van der Waals surface area contributed by atoms with Gasteiger partial charge in [-0.05, 0) is 67.9 Å². The normalized spacial score (nSPS) is 34.5. The van der Waals surface area contributed by atoms with Gasteiger partial charge in [0.25, 0.3) is 5.91 Å². The van der Waals surface area contributed by atoms with Gasteiger partial charge in [-0.3, -0.25) is 4.79 Å². The average Bonchev–Trinajstić information content (AvgIpc) is 3.16. The molecule has 3 heteroatoms. The van der Waals surface area contributed by atoms with Crippen LogP contribution in [0.25, 0.3) is 0 Å². The molecule has 0 spiro atoms. The van der Waals surface area contributed by atoms with Gasteiger partial charge in [-0.1, -0.05) is 30.3 Å². The number of carbonyl (C=O) groups excluding carboxylic acids is 1. The lowest BCUT2D eigenvalue weighted by Crippen LogP contribution is -2.48. The van der Waals surface area contributed by atoms with Gasteiger partial charge in [-0.2, -0.15) is 0 Å². The van der Waals surface area contributed by atoms with Gasteiger partial charge >= 0.3 is 0 Å². The lowest BCUT2D eigenvalue weighted by Gasteiger charge is -2.55. The molecule has 0 N–H and O–H groups in total. The maximum atomic E-state index is 12.9. The summed E-state index contributed by atoms with van der Waals surface area (Å²) >= 11 is 0. The Morgan fingerprint density at radius 1 is 1.00 bits per heavy atom. The van der Waals surface area contributed by atoms with E-state index in [0.717, 1.165) is 34.8 Å². The second-order valence-corrected chi connectivity index (χ2v) is 9.29. The molecule has 3 nitrogen and oxygen atoms in total. The summed E-state index contributed by atoms with van der Waals surface area (Å²) in [4.78, 5) is 14.8. The molecular weight excluding hydrogens is 322 g/mol. The van der Waals surface area contributed by atoms with Crippen molar-refractivity contribution in [2.75, 3.05) is 0 Å². The Kier molecular flexibility index (Phi) is 3.04. The molecule has 4 saturated carbocycles. The van der Waals surface area contributed by atoms with E-state index in [1.165, 1.54) is 44.1 Å². The van der Waals surface area contributed by atoms with Crippen molar-refractivity contribution in [2.45, 2.75) is 57.0 Å². The molecular formula is C23H25NO2. The van der Waals surface area contributed by atoms with E-state index in [0.29, 0.717) is 13.1 Å². The van der Waals surface area contributed by atoms with Gasteiger partial charge in [0.15, 0.2) is 0 Å². The molecule has 0 saturated heterocycles. The minimum atomic E-state index is 0.142. The molecule has 1 aromatic heterocycles. The number of nitrogens with zero attached hydrogens (tertiary/aromatic N) is 1. The van der Waals surface area contributed by atoms with E-state index in [1.54, 1.807) is 0 Å². The zero-order valence-electron chi connectivity index (χ0n) is 15.1.